The van der Waals surface area contributed by atoms with Crippen LogP contribution in [0.25, 0.3) is 5.69 Å². The zero-order valence-electron chi connectivity index (χ0n) is 15.0. The molecule has 1 aromatic heterocycles. The van der Waals surface area contributed by atoms with Crippen LogP contribution < -0.4 is 5.32 Å². The number of tetrazole rings is 1. The largest absolute Gasteiger partial charge is 0.417 e. The monoisotopic (exact) mass is 460 g/mol. The van der Waals surface area contributed by atoms with Gasteiger partial charge in [0.1, 0.15) is 6.33 Å². The molecule has 0 radical (unpaired) electrons. The van der Waals surface area contributed by atoms with Crippen molar-refractivity contribution in [3.63, 3.8) is 0 Å². The molecular weight excluding hydrogens is 449 g/mol. The smallest absolute Gasteiger partial charge is 0.307 e. The Bertz CT molecular complexity index is 1190. The van der Waals surface area contributed by atoms with E-state index in [4.69, 9.17) is 11.6 Å². The lowest BCUT2D eigenvalue weighted by Crippen LogP contribution is -2.36. The second kappa shape index (κ2) is 7.91. The van der Waals surface area contributed by atoms with Crippen LogP contribution in [0.4, 0.5) is 23.7 Å². The third-order valence-corrected chi connectivity index (χ3v) is 5.96. The Morgan fingerprint density at radius 2 is 1.93 bits per heavy atom. The van der Waals surface area contributed by atoms with Crippen molar-refractivity contribution < 1.29 is 26.4 Å². The molecule has 0 spiro atoms. The molecule has 30 heavy (non-hydrogen) atoms. The summed E-state index contributed by atoms with van der Waals surface area (Å²) in [4.78, 5) is 12.1. The average molecular weight is 461 g/mol. The number of urea groups is 1. The van der Waals surface area contributed by atoms with Crippen molar-refractivity contribution in [1.82, 2.24) is 24.5 Å². The van der Waals surface area contributed by atoms with Crippen LogP contribution in [-0.4, -0.2) is 46.0 Å². The van der Waals surface area contributed by atoms with Gasteiger partial charge >= 0.3 is 12.2 Å². The first-order valence-corrected chi connectivity index (χ1v) is 9.82. The van der Waals surface area contributed by atoms with Gasteiger partial charge in [0.25, 0.3) is 10.0 Å². The molecule has 0 atom stereocenters. The Hall–Kier alpha value is -3.19. The molecule has 0 bridgehead atoms. The van der Waals surface area contributed by atoms with Crippen molar-refractivity contribution >= 4 is 33.3 Å². The zero-order valence-corrected chi connectivity index (χ0v) is 16.6. The Morgan fingerprint density at radius 1 is 1.20 bits per heavy atom. The summed E-state index contributed by atoms with van der Waals surface area (Å²) >= 11 is 5.53. The van der Waals surface area contributed by atoms with Crippen molar-refractivity contribution in [2.24, 2.45) is 0 Å². The maximum atomic E-state index is 13.0. The summed E-state index contributed by atoms with van der Waals surface area (Å²) in [5.41, 5.74) is -1.12. The summed E-state index contributed by atoms with van der Waals surface area (Å²) in [7, 11) is -3.36. The van der Waals surface area contributed by atoms with Crippen molar-refractivity contribution in [1.29, 1.82) is 0 Å². The molecule has 9 nitrogen and oxygen atoms in total. The number of sulfonamides is 1. The summed E-state index contributed by atoms with van der Waals surface area (Å²) in [6.07, 6.45) is -3.49. The van der Waals surface area contributed by atoms with E-state index in [1.807, 2.05) is 0 Å². The van der Waals surface area contributed by atoms with E-state index in [0.717, 1.165) is 19.2 Å². The summed E-state index contributed by atoms with van der Waals surface area (Å²) in [6, 6.07) is 6.96. The average Bonchev–Trinajstić information content (AvgIpc) is 3.23. The number of benzene rings is 2. The van der Waals surface area contributed by atoms with Gasteiger partial charge in [-0.1, -0.05) is 17.7 Å². The number of aromatic nitrogens is 4. The van der Waals surface area contributed by atoms with E-state index in [0.29, 0.717) is 16.1 Å². The standard InChI is InChI=1S/C16H12ClF3N6O3S/c1-25(15(27)22-10-5-6-14(17)13(7-10)16(18,19)20)30(28,29)12-4-2-3-11(8-12)26-9-21-23-24-26/h2-9H,1H3,(H,22,27). The number of halogens is 4. The van der Waals surface area contributed by atoms with Crippen LogP contribution in [0, 0.1) is 0 Å². The van der Waals surface area contributed by atoms with E-state index in [2.05, 4.69) is 20.8 Å². The van der Waals surface area contributed by atoms with Crippen LogP contribution in [-0.2, 0) is 16.2 Å². The van der Waals surface area contributed by atoms with Crippen molar-refractivity contribution in [3.05, 3.63) is 59.4 Å². The molecule has 0 unspecified atom stereocenters. The van der Waals surface area contributed by atoms with Crippen LogP contribution in [0.2, 0.25) is 5.02 Å². The number of alkyl halides is 3. The molecule has 2 aromatic carbocycles. The molecule has 0 aliphatic rings. The number of hydrogen-bond acceptors (Lipinski definition) is 6. The molecule has 14 heteroatoms. The van der Waals surface area contributed by atoms with Crippen LogP contribution >= 0.6 is 11.6 Å². The molecule has 0 fully saturated rings. The number of anilines is 1. The molecule has 158 valence electrons. The van der Waals surface area contributed by atoms with Gasteiger partial charge in [0, 0.05) is 12.7 Å². The molecule has 0 saturated heterocycles. The van der Waals surface area contributed by atoms with E-state index in [-0.39, 0.29) is 10.6 Å². The van der Waals surface area contributed by atoms with Gasteiger partial charge in [-0.05, 0) is 46.8 Å². The minimum Gasteiger partial charge on any atom is -0.307 e. The van der Waals surface area contributed by atoms with Crippen LogP contribution in [0.1, 0.15) is 5.56 Å². The van der Waals surface area contributed by atoms with Gasteiger partial charge in [0.15, 0.2) is 0 Å². The number of carbonyl (C=O) groups is 1. The molecule has 3 aromatic rings. The van der Waals surface area contributed by atoms with E-state index in [1.54, 1.807) is 6.07 Å². The van der Waals surface area contributed by atoms with Crippen molar-refractivity contribution in [3.8, 4) is 5.69 Å². The van der Waals surface area contributed by atoms with E-state index < -0.39 is 32.8 Å². The van der Waals surface area contributed by atoms with Gasteiger partial charge in [-0.15, -0.1) is 5.10 Å². The number of amides is 2. The number of rotatable bonds is 4. The highest BCUT2D eigenvalue weighted by Gasteiger charge is 2.34. The van der Waals surface area contributed by atoms with Gasteiger partial charge in [-0.25, -0.2) is 22.2 Å². The highest BCUT2D eigenvalue weighted by atomic mass is 35.5. The van der Waals surface area contributed by atoms with Crippen LogP contribution in [0.15, 0.2) is 53.7 Å². The first-order valence-electron chi connectivity index (χ1n) is 8.00. The number of nitrogens with zero attached hydrogens (tertiary/aromatic N) is 5. The second-order valence-corrected chi connectivity index (χ2v) is 8.22. The van der Waals surface area contributed by atoms with Crippen LogP contribution in [0.3, 0.4) is 0 Å². The fourth-order valence-electron chi connectivity index (χ4n) is 2.36. The third kappa shape index (κ3) is 4.36. The molecular formula is C16H12ClF3N6O3S. The Morgan fingerprint density at radius 3 is 2.57 bits per heavy atom. The number of hydrogen-bond donors (Lipinski definition) is 1. The van der Waals surface area contributed by atoms with E-state index in [9.17, 15) is 26.4 Å². The normalized spacial score (nSPS) is 11.9. The highest BCUT2D eigenvalue weighted by molar-refractivity contribution is 7.89. The predicted molar refractivity (Wildman–Crippen MR) is 99.6 cm³/mol. The van der Waals surface area contributed by atoms with Crippen molar-refractivity contribution in [2.45, 2.75) is 11.1 Å². The maximum Gasteiger partial charge on any atom is 0.417 e. The summed E-state index contributed by atoms with van der Waals surface area (Å²) in [5, 5.41) is 12.1. The zero-order chi connectivity index (χ0) is 22.1. The lowest BCUT2D eigenvalue weighted by atomic mass is 10.2. The molecule has 0 saturated carbocycles. The molecule has 2 amide bonds. The highest BCUT2D eigenvalue weighted by Crippen LogP contribution is 2.36. The fraction of sp³-hybridized carbons (Fsp3) is 0.125. The number of carbonyl (C=O) groups excluding carboxylic acids is 1. The fourth-order valence-corrected chi connectivity index (χ4v) is 3.68. The molecule has 1 N–H and O–H groups in total. The van der Waals surface area contributed by atoms with Gasteiger partial charge in [-0.3, -0.25) is 0 Å². The SMILES string of the molecule is CN(C(=O)Nc1ccc(Cl)c(C(F)(F)F)c1)S(=O)(=O)c1cccc(-n2cnnn2)c1. The van der Waals surface area contributed by atoms with Gasteiger partial charge in [0.2, 0.25) is 0 Å². The van der Waals surface area contributed by atoms with Gasteiger partial charge in [-0.2, -0.15) is 13.2 Å². The van der Waals surface area contributed by atoms with Gasteiger partial charge in [0.05, 0.1) is 21.2 Å². The van der Waals surface area contributed by atoms with E-state index >= 15 is 0 Å². The topological polar surface area (TPSA) is 110 Å². The third-order valence-electron chi connectivity index (χ3n) is 3.90. The lowest BCUT2D eigenvalue weighted by molar-refractivity contribution is -0.137. The lowest BCUT2D eigenvalue weighted by Gasteiger charge is -2.19. The van der Waals surface area contributed by atoms with Gasteiger partial charge < -0.3 is 5.32 Å². The number of nitrogens with one attached hydrogen (secondary N) is 1. The van der Waals surface area contributed by atoms with E-state index in [1.165, 1.54) is 29.2 Å². The van der Waals surface area contributed by atoms with Crippen LogP contribution in [0.5, 0.6) is 0 Å². The molecule has 3 rings (SSSR count). The quantitative estimate of drug-likeness (QED) is 0.640. The Labute approximate surface area is 173 Å². The molecule has 0 aliphatic carbocycles. The minimum atomic E-state index is -4.74. The second-order valence-electron chi connectivity index (χ2n) is 5.85. The van der Waals surface area contributed by atoms with Crippen molar-refractivity contribution in [2.75, 3.05) is 12.4 Å². The maximum absolute atomic E-state index is 13.0. The summed E-state index contributed by atoms with van der Waals surface area (Å²) in [5.74, 6) is 0. The molecule has 1 heterocycles. The predicted octanol–water partition coefficient (Wildman–Crippen LogP) is 3.19. The first-order chi connectivity index (χ1) is 14.0. The Balaban J connectivity index is 1.85. The molecule has 0 aliphatic heterocycles. The minimum absolute atomic E-state index is 0.250. The first kappa shape index (κ1) is 21.5. The summed E-state index contributed by atoms with van der Waals surface area (Å²) in [6.45, 7) is 0. The Kier molecular flexibility index (Phi) is 5.67. The summed E-state index contributed by atoms with van der Waals surface area (Å²) < 4.78 is 66.0.